The van der Waals surface area contributed by atoms with E-state index >= 15 is 0 Å². The molecule has 0 fully saturated rings. The molecule has 3 aromatic rings. The van der Waals surface area contributed by atoms with Gasteiger partial charge in [0, 0.05) is 31.9 Å². The Morgan fingerprint density at radius 3 is 2.57 bits per heavy atom. The van der Waals surface area contributed by atoms with Gasteiger partial charge in [-0.3, -0.25) is 4.79 Å². The summed E-state index contributed by atoms with van der Waals surface area (Å²) >= 11 is 0. The normalized spacial score (nSPS) is 11.4. The zero-order valence-electron chi connectivity index (χ0n) is 15.2. The zero-order valence-corrected chi connectivity index (χ0v) is 15.2. The van der Waals surface area contributed by atoms with Crippen LogP contribution in [0.2, 0.25) is 0 Å². The number of benzene rings is 1. The maximum absolute atomic E-state index is 12.7. The number of imidazole rings is 1. The van der Waals surface area contributed by atoms with Gasteiger partial charge in [0.1, 0.15) is 11.5 Å². The quantitative estimate of drug-likeness (QED) is 0.702. The number of carbonyl (C=O) groups excluding carboxylic acids is 1. The van der Waals surface area contributed by atoms with E-state index in [4.69, 9.17) is 0 Å². The van der Waals surface area contributed by atoms with Crippen LogP contribution in [0.3, 0.4) is 0 Å². The number of amides is 1. The van der Waals surface area contributed by atoms with Gasteiger partial charge < -0.3 is 9.88 Å². The second-order valence-electron chi connectivity index (χ2n) is 6.29. The monoisotopic (exact) mass is 388 g/mol. The summed E-state index contributed by atoms with van der Waals surface area (Å²) in [6, 6.07) is 11.9. The first-order valence-electron chi connectivity index (χ1n) is 8.71. The highest BCUT2D eigenvalue weighted by Crippen LogP contribution is 2.28. The van der Waals surface area contributed by atoms with E-state index in [2.05, 4.69) is 15.3 Å². The fourth-order valence-electron chi connectivity index (χ4n) is 2.83. The lowest BCUT2D eigenvalue weighted by atomic mass is 10.1. The molecule has 8 heteroatoms. The SMILES string of the molecule is Cc1nc(C(F)(F)F)ccc1C(=O)NCCc1nccn1Cc1ccccc1. The molecule has 0 aliphatic rings. The number of nitrogens with zero attached hydrogens (tertiary/aromatic N) is 3. The van der Waals surface area contributed by atoms with Gasteiger partial charge in [-0.1, -0.05) is 30.3 Å². The van der Waals surface area contributed by atoms with E-state index in [-0.39, 0.29) is 11.3 Å². The van der Waals surface area contributed by atoms with Gasteiger partial charge in [-0.05, 0) is 24.6 Å². The molecular weight excluding hydrogens is 369 g/mol. The maximum atomic E-state index is 12.7. The molecule has 0 saturated heterocycles. The van der Waals surface area contributed by atoms with Crippen molar-refractivity contribution in [2.45, 2.75) is 26.1 Å². The number of aromatic nitrogens is 3. The summed E-state index contributed by atoms with van der Waals surface area (Å²) in [5.74, 6) is 0.353. The third-order valence-corrected chi connectivity index (χ3v) is 4.25. The fraction of sp³-hybridized carbons (Fsp3) is 0.250. The van der Waals surface area contributed by atoms with E-state index < -0.39 is 17.8 Å². The first-order chi connectivity index (χ1) is 13.3. The van der Waals surface area contributed by atoms with Gasteiger partial charge in [-0.15, -0.1) is 0 Å². The van der Waals surface area contributed by atoms with Crippen LogP contribution in [0, 0.1) is 6.92 Å². The Labute approximate surface area is 160 Å². The van der Waals surface area contributed by atoms with Crippen molar-refractivity contribution in [2.75, 3.05) is 6.54 Å². The van der Waals surface area contributed by atoms with Gasteiger partial charge in [-0.25, -0.2) is 9.97 Å². The standard InChI is InChI=1S/C20H19F3N4O/c1-14-16(7-8-17(26-14)20(21,22)23)19(28)25-10-9-18-24-11-12-27(18)13-15-5-3-2-4-6-15/h2-8,11-12H,9-10,13H2,1H3,(H,25,28). The van der Waals surface area contributed by atoms with Crippen LogP contribution in [0.5, 0.6) is 0 Å². The van der Waals surface area contributed by atoms with Crippen molar-refractivity contribution in [3.63, 3.8) is 0 Å². The molecule has 0 atom stereocenters. The predicted octanol–water partition coefficient (Wildman–Crippen LogP) is 3.63. The summed E-state index contributed by atoms with van der Waals surface area (Å²) in [4.78, 5) is 20.1. The van der Waals surface area contributed by atoms with Crippen molar-refractivity contribution < 1.29 is 18.0 Å². The number of aryl methyl sites for hydroxylation is 1. The van der Waals surface area contributed by atoms with Gasteiger partial charge in [0.15, 0.2) is 0 Å². The lowest BCUT2D eigenvalue weighted by Crippen LogP contribution is -2.27. The second kappa shape index (κ2) is 8.24. The van der Waals surface area contributed by atoms with Crippen LogP contribution in [-0.4, -0.2) is 27.0 Å². The van der Waals surface area contributed by atoms with Crippen LogP contribution in [0.4, 0.5) is 13.2 Å². The summed E-state index contributed by atoms with van der Waals surface area (Å²) in [5.41, 5.74) is 0.292. The summed E-state index contributed by atoms with van der Waals surface area (Å²) in [6.45, 7) is 2.37. The minimum Gasteiger partial charge on any atom is -0.352 e. The molecule has 0 unspecified atom stereocenters. The Morgan fingerprint density at radius 1 is 1.14 bits per heavy atom. The lowest BCUT2D eigenvalue weighted by molar-refractivity contribution is -0.141. The molecule has 0 radical (unpaired) electrons. The highest BCUT2D eigenvalue weighted by Gasteiger charge is 2.33. The molecule has 1 aromatic carbocycles. The molecule has 5 nitrogen and oxygen atoms in total. The molecule has 0 bridgehead atoms. The molecule has 0 aliphatic carbocycles. The number of halogens is 3. The number of rotatable bonds is 6. The fourth-order valence-corrected chi connectivity index (χ4v) is 2.83. The number of hydrogen-bond acceptors (Lipinski definition) is 3. The van der Waals surface area contributed by atoms with Crippen molar-refractivity contribution >= 4 is 5.91 Å². The first kappa shape index (κ1) is 19.6. The van der Waals surface area contributed by atoms with Crippen LogP contribution in [0.1, 0.15) is 33.1 Å². The smallest absolute Gasteiger partial charge is 0.352 e. The third-order valence-electron chi connectivity index (χ3n) is 4.25. The maximum Gasteiger partial charge on any atom is 0.433 e. The Kier molecular flexibility index (Phi) is 5.77. The van der Waals surface area contributed by atoms with E-state index in [0.29, 0.717) is 19.5 Å². The number of nitrogens with one attached hydrogen (secondary N) is 1. The molecule has 0 saturated carbocycles. The van der Waals surface area contributed by atoms with Crippen molar-refractivity contribution in [1.82, 2.24) is 19.9 Å². The number of alkyl halides is 3. The van der Waals surface area contributed by atoms with Crippen LogP contribution in [-0.2, 0) is 19.1 Å². The van der Waals surface area contributed by atoms with Gasteiger partial charge in [0.25, 0.3) is 5.91 Å². The molecule has 28 heavy (non-hydrogen) atoms. The molecule has 0 spiro atoms. The Balaban J connectivity index is 1.59. The molecular formula is C20H19F3N4O. The predicted molar refractivity (Wildman–Crippen MR) is 97.8 cm³/mol. The second-order valence-corrected chi connectivity index (χ2v) is 6.29. The highest BCUT2D eigenvalue weighted by molar-refractivity contribution is 5.95. The Bertz CT molecular complexity index is 952. The van der Waals surface area contributed by atoms with Gasteiger partial charge in [0.05, 0.1) is 11.3 Å². The average Bonchev–Trinajstić information content (AvgIpc) is 3.08. The average molecular weight is 388 g/mol. The van der Waals surface area contributed by atoms with Gasteiger partial charge in [-0.2, -0.15) is 13.2 Å². The summed E-state index contributed by atoms with van der Waals surface area (Å²) in [5, 5.41) is 2.71. The summed E-state index contributed by atoms with van der Waals surface area (Å²) in [7, 11) is 0. The van der Waals surface area contributed by atoms with Crippen molar-refractivity contribution in [3.05, 3.63) is 83.2 Å². The Morgan fingerprint density at radius 2 is 1.89 bits per heavy atom. The topological polar surface area (TPSA) is 59.8 Å². The van der Waals surface area contributed by atoms with Crippen molar-refractivity contribution in [3.8, 4) is 0 Å². The van der Waals surface area contributed by atoms with Crippen molar-refractivity contribution in [1.29, 1.82) is 0 Å². The highest BCUT2D eigenvalue weighted by atomic mass is 19.4. The van der Waals surface area contributed by atoms with Gasteiger partial charge in [0.2, 0.25) is 0 Å². The number of carbonyl (C=O) groups is 1. The van der Waals surface area contributed by atoms with Crippen LogP contribution in [0.25, 0.3) is 0 Å². The molecule has 1 amide bonds. The zero-order chi connectivity index (χ0) is 20.1. The third kappa shape index (κ3) is 4.76. The molecule has 3 rings (SSSR count). The Hall–Kier alpha value is -3.16. The summed E-state index contributed by atoms with van der Waals surface area (Å²) in [6.07, 6.45) is -0.466. The van der Waals surface area contributed by atoms with Crippen LogP contribution in [0.15, 0.2) is 54.9 Å². The largest absolute Gasteiger partial charge is 0.433 e. The molecule has 1 N–H and O–H groups in total. The number of pyridine rings is 1. The van der Waals surface area contributed by atoms with Crippen LogP contribution < -0.4 is 5.32 Å². The van der Waals surface area contributed by atoms with E-state index in [9.17, 15) is 18.0 Å². The first-order valence-corrected chi connectivity index (χ1v) is 8.71. The summed E-state index contributed by atoms with van der Waals surface area (Å²) < 4.78 is 40.0. The van der Waals surface area contributed by atoms with Gasteiger partial charge >= 0.3 is 6.18 Å². The minimum atomic E-state index is -4.53. The van der Waals surface area contributed by atoms with E-state index in [1.807, 2.05) is 41.1 Å². The molecule has 2 heterocycles. The molecule has 2 aromatic heterocycles. The number of hydrogen-bond donors (Lipinski definition) is 1. The minimum absolute atomic E-state index is 0.0397. The lowest BCUT2D eigenvalue weighted by Gasteiger charge is -2.11. The van der Waals surface area contributed by atoms with E-state index in [0.717, 1.165) is 23.5 Å². The van der Waals surface area contributed by atoms with Crippen molar-refractivity contribution in [2.24, 2.45) is 0 Å². The van der Waals surface area contributed by atoms with E-state index in [1.165, 1.54) is 6.92 Å². The molecule has 0 aliphatic heterocycles. The van der Waals surface area contributed by atoms with E-state index in [1.54, 1.807) is 6.20 Å². The molecule has 146 valence electrons. The van der Waals surface area contributed by atoms with Crippen LogP contribution >= 0.6 is 0 Å².